The Labute approximate surface area is 194 Å². The summed E-state index contributed by atoms with van der Waals surface area (Å²) < 4.78 is 21.6. The summed E-state index contributed by atoms with van der Waals surface area (Å²) in [5.74, 6) is 5.31. The maximum Gasteiger partial charge on any atom is 0.273 e. The van der Waals surface area contributed by atoms with Crippen molar-refractivity contribution >= 4 is 29.0 Å². The molecule has 1 aromatic carbocycles. The predicted octanol–water partition coefficient (Wildman–Crippen LogP) is 3.21. The molecule has 0 atom stereocenters. The number of likely N-dealkylation sites (N-methyl/N-ethyl adjacent to an activating group) is 1. The van der Waals surface area contributed by atoms with Crippen molar-refractivity contribution in [2.75, 3.05) is 17.7 Å². The molecule has 1 aliphatic carbocycles. The fourth-order valence-corrected chi connectivity index (χ4v) is 3.08. The molecule has 1 saturated carbocycles. The third-order valence-corrected chi connectivity index (χ3v) is 4.90. The van der Waals surface area contributed by atoms with Crippen molar-refractivity contribution in [1.29, 1.82) is 0 Å². The van der Waals surface area contributed by atoms with E-state index in [0.717, 1.165) is 17.9 Å². The normalized spacial score (nSPS) is 13.5. The zero-order valence-electron chi connectivity index (χ0n) is 18.7. The van der Waals surface area contributed by atoms with E-state index in [9.17, 15) is 14.0 Å². The van der Waals surface area contributed by atoms with E-state index < -0.39 is 11.7 Å². The summed E-state index contributed by atoms with van der Waals surface area (Å²) in [6, 6.07) is 7.18. The average molecular weight is 465 g/mol. The van der Waals surface area contributed by atoms with Crippen molar-refractivity contribution in [3.63, 3.8) is 0 Å². The molecule has 4 N–H and O–H groups in total. The van der Waals surface area contributed by atoms with Crippen molar-refractivity contribution in [2.24, 2.45) is 11.8 Å². The largest absolute Gasteiger partial charge is 0.438 e. The molecule has 176 valence electrons. The highest BCUT2D eigenvalue weighted by Gasteiger charge is 2.30. The van der Waals surface area contributed by atoms with Crippen LogP contribution in [0.2, 0.25) is 0 Å². The van der Waals surface area contributed by atoms with Crippen LogP contribution < -0.4 is 21.2 Å². The molecule has 0 unspecified atom stereocenters. The minimum atomic E-state index is -0.649. The van der Waals surface area contributed by atoms with Crippen LogP contribution in [0.1, 0.15) is 19.8 Å². The molecule has 2 heterocycles. The standard InChI is InChI=1S/C23H24FN7O3/c1-13(2)10-18(30(3)25)23(33)26-17-11-15(6-7-16(17)24)34-21-9-8-20-27-19(12-31(20)29-21)28-22(32)14-4-5-14/h6-12,14H,1,4-5,25H2,2-3H3,(H,26,33)(H,28,32)/b18-10-. The number of anilines is 2. The molecule has 0 bridgehead atoms. The number of halogens is 1. The molecule has 1 fully saturated rings. The molecule has 34 heavy (non-hydrogen) atoms. The topological polar surface area (TPSA) is 127 Å². The average Bonchev–Trinajstić information content (AvgIpc) is 3.55. The SMILES string of the molecule is C=C(C)/C=C(/C(=O)Nc1cc(Oc2ccc3nc(NC(=O)C4CC4)cn3n2)ccc1F)N(C)N. The van der Waals surface area contributed by atoms with Crippen molar-refractivity contribution < 1.29 is 18.7 Å². The van der Waals surface area contributed by atoms with E-state index in [2.05, 4.69) is 27.3 Å². The number of nitrogens with two attached hydrogens (primary N) is 1. The number of carbonyl (C=O) groups is 2. The van der Waals surface area contributed by atoms with Crippen molar-refractivity contribution in [2.45, 2.75) is 19.8 Å². The van der Waals surface area contributed by atoms with Crippen LogP contribution >= 0.6 is 0 Å². The quantitative estimate of drug-likeness (QED) is 0.202. The molecule has 1 aliphatic rings. The van der Waals surface area contributed by atoms with E-state index in [0.29, 0.717) is 17.0 Å². The number of ether oxygens (including phenoxy) is 1. The number of amides is 2. The lowest BCUT2D eigenvalue weighted by atomic mass is 10.2. The summed E-state index contributed by atoms with van der Waals surface area (Å²) in [4.78, 5) is 28.8. The number of nitrogens with zero attached hydrogens (tertiary/aromatic N) is 4. The highest BCUT2D eigenvalue weighted by atomic mass is 19.1. The van der Waals surface area contributed by atoms with Crippen LogP contribution in [0, 0.1) is 11.7 Å². The first kappa shape index (κ1) is 22.9. The van der Waals surface area contributed by atoms with Gasteiger partial charge in [-0.2, -0.15) is 0 Å². The van der Waals surface area contributed by atoms with E-state index in [-0.39, 0.29) is 34.8 Å². The van der Waals surface area contributed by atoms with Crippen LogP contribution in [0.4, 0.5) is 15.9 Å². The highest BCUT2D eigenvalue weighted by Crippen LogP contribution is 2.30. The molecule has 0 spiro atoms. The lowest BCUT2D eigenvalue weighted by Crippen LogP contribution is -2.33. The molecular weight excluding hydrogens is 441 g/mol. The molecule has 0 radical (unpaired) electrons. The zero-order chi connectivity index (χ0) is 24.4. The Morgan fingerprint density at radius 1 is 1.29 bits per heavy atom. The van der Waals surface area contributed by atoms with Gasteiger partial charge in [-0.05, 0) is 44.0 Å². The second-order valence-electron chi connectivity index (χ2n) is 8.05. The molecule has 2 aromatic heterocycles. The van der Waals surface area contributed by atoms with Crippen molar-refractivity contribution in [3.8, 4) is 11.6 Å². The Hall–Kier alpha value is -4.25. The van der Waals surface area contributed by atoms with Gasteiger partial charge in [0.2, 0.25) is 11.8 Å². The van der Waals surface area contributed by atoms with E-state index in [4.69, 9.17) is 10.6 Å². The summed E-state index contributed by atoms with van der Waals surface area (Å²) in [7, 11) is 1.49. The maximum absolute atomic E-state index is 14.4. The lowest BCUT2D eigenvalue weighted by molar-refractivity contribution is -0.117. The van der Waals surface area contributed by atoms with Crippen LogP contribution in [0.3, 0.4) is 0 Å². The van der Waals surface area contributed by atoms with Gasteiger partial charge >= 0.3 is 0 Å². The fraction of sp³-hybridized carbons (Fsp3) is 0.217. The van der Waals surface area contributed by atoms with Gasteiger partial charge in [-0.15, -0.1) is 5.10 Å². The van der Waals surface area contributed by atoms with Crippen LogP contribution in [-0.2, 0) is 9.59 Å². The Morgan fingerprint density at radius 3 is 2.74 bits per heavy atom. The fourth-order valence-electron chi connectivity index (χ4n) is 3.08. The summed E-state index contributed by atoms with van der Waals surface area (Å²) in [5.41, 5.74) is 1.14. The molecule has 0 saturated heterocycles. The van der Waals surface area contributed by atoms with Crippen LogP contribution in [0.5, 0.6) is 11.6 Å². The first-order chi connectivity index (χ1) is 16.2. The van der Waals surface area contributed by atoms with Crippen LogP contribution in [-0.4, -0.2) is 38.5 Å². The monoisotopic (exact) mass is 465 g/mol. The highest BCUT2D eigenvalue weighted by molar-refractivity contribution is 6.03. The molecule has 11 heteroatoms. The van der Waals surface area contributed by atoms with Crippen molar-refractivity contribution in [1.82, 2.24) is 19.6 Å². The zero-order valence-corrected chi connectivity index (χ0v) is 18.7. The Morgan fingerprint density at radius 2 is 2.06 bits per heavy atom. The third-order valence-electron chi connectivity index (χ3n) is 4.90. The maximum atomic E-state index is 14.4. The van der Waals surface area contributed by atoms with Crippen LogP contribution in [0.15, 0.2) is 60.5 Å². The summed E-state index contributed by atoms with van der Waals surface area (Å²) in [6.45, 7) is 5.43. The number of carbonyl (C=O) groups excluding carboxylic acids is 2. The van der Waals surface area contributed by atoms with Gasteiger partial charge in [0.25, 0.3) is 5.91 Å². The van der Waals surface area contributed by atoms with E-state index in [1.54, 1.807) is 25.3 Å². The molecule has 3 aromatic rings. The minimum absolute atomic E-state index is 0.0529. The predicted molar refractivity (Wildman–Crippen MR) is 124 cm³/mol. The number of hydrogen-bond acceptors (Lipinski definition) is 7. The number of imidazole rings is 1. The van der Waals surface area contributed by atoms with Crippen molar-refractivity contribution in [3.05, 3.63) is 66.3 Å². The molecule has 10 nitrogen and oxygen atoms in total. The molecular formula is C23H24FN7O3. The second kappa shape index (κ2) is 9.32. The van der Waals surface area contributed by atoms with Gasteiger partial charge < -0.3 is 20.4 Å². The number of aromatic nitrogens is 3. The molecule has 0 aliphatic heterocycles. The summed E-state index contributed by atoms with van der Waals surface area (Å²) in [6.07, 6.45) is 4.85. The van der Waals surface area contributed by atoms with E-state index in [1.165, 1.54) is 35.8 Å². The second-order valence-corrected chi connectivity index (χ2v) is 8.05. The lowest BCUT2D eigenvalue weighted by Gasteiger charge is -2.17. The Balaban J connectivity index is 1.50. The number of nitrogens with one attached hydrogen (secondary N) is 2. The van der Waals surface area contributed by atoms with Gasteiger partial charge in [0.1, 0.15) is 17.3 Å². The number of hydrogen-bond donors (Lipinski definition) is 3. The smallest absolute Gasteiger partial charge is 0.273 e. The summed E-state index contributed by atoms with van der Waals surface area (Å²) in [5, 5.41) is 10.7. The number of allylic oxidation sites excluding steroid dienone is 2. The van der Waals surface area contributed by atoms with E-state index in [1.807, 2.05) is 0 Å². The van der Waals surface area contributed by atoms with Gasteiger partial charge in [-0.3, -0.25) is 9.59 Å². The molecule has 4 rings (SSSR count). The van der Waals surface area contributed by atoms with Gasteiger partial charge in [0.15, 0.2) is 11.5 Å². The minimum Gasteiger partial charge on any atom is -0.438 e. The van der Waals surface area contributed by atoms with Gasteiger partial charge in [-0.1, -0.05) is 12.2 Å². The number of benzene rings is 1. The van der Waals surface area contributed by atoms with Gasteiger partial charge in [0, 0.05) is 25.1 Å². The third kappa shape index (κ3) is 5.38. The first-order valence-corrected chi connectivity index (χ1v) is 10.5. The molecule has 2 amide bonds. The Kier molecular flexibility index (Phi) is 6.28. The van der Waals surface area contributed by atoms with Gasteiger partial charge in [-0.25, -0.2) is 19.7 Å². The Bertz CT molecular complexity index is 1310. The van der Waals surface area contributed by atoms with Gasteiger partial charge in [0.05, 0.1) is 11.9 Å². The van der Waals surface area contributed by atoms with E-state index >= 15 is 0 Å². The summed E-state index contributed by atoms with van der Waals surface area (Å²) >= 11 is 0. The number of hydrazine groups is 1. The first-order valence-electron chi connectivity index (χ1n) is 10.5. The number of fused-ring (bicyclic) bond motifs is 1. The van der Waals surface area contributed by atoms with Crippen LogP contribution in [0.25, 0.3) is 5.65 Å². The number of rotatable bonds is 8.